The number of ether oxygens (including phenoxy) is 2. The monoisotopic (exact) mass is 541 g/mol. The van der Waals surface area contributed by atoms with Crippen LogP contribution in [0.1, 0.15) is 27.3 Å². The second-order valence-corrected chi connectivity index (χ2v) is 8.18. The molecule has 0 saturated carbocycles. The van der Waals surface area contributed by atoms with Crippen molar-refractivity contribution in [3.05, 3.63) is 110 Å². The number of hydrogen-bond acceptors (Lipinski definition) is 7. The number of alkyl halides is 3. The highest BCUT2D eigenvalue weighted by Gasteiger charge is 2.30. The van der Waals surface area contributed by atoms with Gasteiger partial charge in [0.2, 0.25) is 5.69 Å². The van der Waals surface area contributed by atoms with E-state index in [2.05, 4.69) is 15.4 Å². The lowest BCUT2D eigenvalue weighted by molar-refractivity contribution is -0.137. The Balaban J connectivity index is 1.83. The summed E-state index contributed by atoms with van der Waals surface area (Å²) in [7, 11) is 2.80. The molecule has 0 aliphatic heterocycles. The van der Waals surface area contributed by atoms with Crippen LogP contribution in [0.4, 0.5) is 13.2 Å². The summed E-state index contributed by atoms with van der Waals surface area (Å²) in [6, 6.07) is 13.6. The summed E-state index contributed by atoms with van der Waals surface area (Å²) in [6.07, 6.45) is -3.10. The van der Waals surface area contributed by atoms with Crippen molar-refractivity contribution in [2.75, 3.05) is 14.2 Å². The number of nitrogens with zero attached hydrogens (tertiary/aromatic N) is 4. The molecule has 39 heavy (non-hydrogen) atoms. The number of hydrogen-bond donors (Lipinski definition) is 1. The van der Waals surface area contributed by atoms with Crippen molar-refractivity contribution in [2.24, 2.45) is 0 Å². The smallest absolute Gasteiger partial charge is 0.416 e. The molecule has 0 saturated heterocycles. The van der Waals surface area contributed by atoms with Crippen LogP contribution in [0.3, 0.4) is 0 Å². The Bertz CT molecular complexity index is 1620. The van der Waals surface area contributed by atoms with E-state index in [1.807, 2.05) is 0 Å². The van der Waals surface area contributed by atoms with Gasteiger partial charge in [-0.3, -0.25) is 19.1 Å². The molecule has 4 aromatic rings. The van der Waals surface area contributed by atoms with Crippen molar-refractivity contribution in [1.29, 1.82) is 0 Å². The molecule has 13 heteroatoms. The highest BCUT2D eigenvalue weighted by Crippen LogP contribution is 2.30. The fourth-order valence-corrected chi connectivity index (χ4v) is 3.71. The Labute approximate surface area is 219 Å². The summed E-state index contributed by atoms with van der Waals surface area (Å²) in [5.74, 6) is -0.321. The maximum atomic E-state index is 13.4. The molecule has 202 valence electrons. The molecule has 0 aliphatic carbocycles. The Morgan fingerprint density at radius 2 is 1.74 bits per heavy atom. The van der Waals surface area contributed by atoms with Gasteiger partial charge in [-0.2, -0.15) is 23.0 Å². The van der Waals surface area contributed by atoms with Crippen molar-refractivity contribution in [3.63, 3.8) is 0 Å². The zero-order chi connectivity index (χ0) is 28.2. The largest absolute Gasteiger partial charge is 0.493 e. The number of pyridine rings is 1. The molecular formula is C26H22F3N5O5. The summed E-state index contributed by atoms with van der Waals surface area (Å²) >= 11 is 0. The first kappa shape index (κ1) is 27.1. The number of benzene rings is 2. The van der Waals surface area contributed by atoms with E-state index in [4.69, 9.17) is 9.47 Å². The minimum atomic E-state index is -4.63. The molecular weight excluding hydrogens is 519 g/mol. The van der Waals surface area contributed by atoms with Crippen LogP contribution < -0.4 is 26.0 Å². The first-order chi connectivity index (χ1) is 18.6. The molecule has 0 aliphatic rings. The minimum Gasteiger partial charge on any atom is -0.493 e. The minimum absolute atomic E-state index is 0.0222. The van der Waals surface area contributed by atoms with E-state index in [0.29, 0.717) is 16.0 Å². The van der Waals surface area contributed by atoms with E-state index in [1.54, 1.807) is 18.2 Å². The number of rotatable bonds is 8. The average molecular weight is 541 g/mol. The maximum absolute atomic E-state index is 13.4. The predicted octanol–water partition coefficient (Wildman–Crippen LogP) is 2.80. The predicted molar refractivity (Wildman–Crippen MR) is 133 cm³/mol. The fraction of sp³-hybridized carbons (Fsp3) is 0.192. The average Bonchev–Trinajstić information content (AvgIpc) is 2.94. The van der Waals surface area contributed by atoms with Crippen LogP contribution in [0.2, 0.25) is 0 Å². The quantitative estimate of drug-likeness (QED) is 0.365. The Hall–Kier alpha value is -4.94. The van der Waals surface area contributed by atoms with E-state index in [0.717, 1.165) is 22.9 Å². The van der Waals surface area contributed by atoms with Gasteiger partial charge in [0.05, 0.1) is 44.3 Å². The highest BCUT2D eigenvalue weighted by molar-refractivity contribution is 5.91. The van der Waals surface area contributed by atoms with Gasteiger partial charge in [-0.15, -0.1) is 0 Å². The maximum Gasteiger partial charge on any atom is 0.416 e. The lowest BCUT2D eigenvalue weighted by atomic mass is 10.1. The molecule has 2 heterocycles. The first-order valence-electron chi connectivity index (χ1n) is 11.4. The standard InChI is InChI=1S/C26H22F3N5O5/c1-38-20-10-9-19(13-21(20)39-2)34-25(37)33(15-16-6-5-7-17(12-16)26(27,28)29)24(36)22(32-34)23(35)31-14-18-8-3-4-11-30-18/h3-13H,14-15H2,1-2H3,(H,31,35). The molecule has 0 unspecified atom stereocenters. The summed E-state index contributed by atoms with van der Waals surface area (Å²) in [4.78, 5) is 43.8. The van der Waals surface area contributed by atoms with Crippen LogP contribution in [-0.2, 0) is 19.3 Å². The highest BCUT2D eigenvalue weighted by atomic mass is 19.4. The van der Waals surface area contributed by atoms with Gasteiger partial charge in [0.1, 0.15) is 0 Å². The third-order valence-electron chi connectivity index (χ3n) is 5.64. The number of carbonyl (C=O) groups excluding carboxylic acids is 1. The van der Waals surface area contributed by atoms with Crippen LogP contribution in [0, 0.1) is 0 Å². The van der Waals surface area contributed by atoms with Gasteiger partial charge in [-0.25, -0.2) is 4.79 Å². The Morgan fingerprint density at radius 1 is 0.974 bits per heavy atom. The van der Waals surface area contributed by atoms with Crippen molar-refractivity contribution >= 4 is 5.91 Å². The van der Waals surface area contributed by atoms with Crippen LogP contribution in [0.15, 0.2) is 76.4 Å². The number of nitrogens with one attached hydrogen (secondary N) is 1. The van der Waals surface area contributed by atoms with Gasteiger partial charge in [0, 0.05) is 12.3 Å². The lowest BCUT2D eigenvalue weighted by Crippen LogP contribution is -2.46. The molecule has 0 bridgehead atoms. The van der Waals surface area contributed by atoms with Gasteiger partial charge < -0.3 is 14.8 Å². The van der Waals surface area contributed by atoms with E-state index in [9.17, 15) is 27.6 Å². The topological polar surface area (TPSA) is 117 Å². The molecule has 0 radical (unpaired) electrons. The summed E-state index contributed by atoms with van der Waals surface area (Å²) < 4.78 is 51.7. The third-order valence-corrected chi connectivity index (χ3v) is 5.64. The summed E-state index contributed by atoms with van der Waals surface area (Å²) in [5, 5.41) is 6.54. The first-order valence-corrected chi connectivity index (χ1v) is 11.4. The Morgan fingerprint density at radius 3 is 2.41 bits per heavy atom. The molecule has 0 spiro atoms. The molecule has 1 N–H and O–H groups in total. The normalized spacial score (nSPS) is 11.2. The van der Waals surface area contributed by atoms with Crippen molar-refractivity contribution < 1.29 is 27.4 Å². The molecule has 10 nitrogen and oxygen atoms in total. The van der Waals surface area contributed by atoms with Gasteiger partial charge >= 0.3 is 11.9 Å². The van der Waals surface area contributed by atoms with Gasteiger partial charge in [0.25, 0.3) is 11.5 Å². The van der Waals surface area contributed by atoms with Crippen LogP contribution in [0.25, 0.3) is 5.69 Å². The second-order valence-electron chi connectivity index (χ2n) is 8.18. The van der Waals surface area contributed by atoms with Crippen molar-refractivity contribution in [3.8, 4) is 17.2 Å². The van der Waals surface area contributed by atoms with Crippen molar-refractivity contribution in [2.45, 2.75) is 19.3 Å². The van der Waals surface area contributed by atoms with E-state index in [1.165, 1.54) is 44.7 Å². The van der Waals surface area contributed by atoms with E-state index < -0.39 is 41.1 Å². The molecule has 0 fully saturated rings. The molecule has 4 rings (SSSR count). The number of halogens is 3. The third kappa shape index (κ3) is 5.98. The van der Waals surface area contributed by atoms with Crippen molar-refractivity contribution in [1.82, 2.24) is 24.6 Å². The van der Waals surface area contributed by atoms with E-state index >= 15 is 0 Å². The summed E-state index contributed by atoms with van der Waals surface area (Å²) in [6.45, 7) is -0.582. The number of aromatic nitrogens is 4. The zero-order valence-corrected chi connectivity index (χ0v) is 20.7. The summed E-state index contributed by atoms with van der Waals surface area (Å²) in [5.41, 5.74) is -3.01. The number of methoxy groups -OCH3 is 2. The number of carbonyl (C=O) groups is 1. The molecule has 2 aromatic carbocycles. The van der Waals surface area contributed by atoms with Crippen LogP contribution in [-0.4, -0.2) is 39.5 Å². The van der Waals surface area contributed by atoms with E-state index in [-0.39, 0.29) is 23.5 Å². The lowest BCUT2D eigenvalue weighted by Gasteiger charge is -2.14. The van der Waals surface area contributed by atoms with Gasteiger partial charge in [-0.1, -0.05) is 18.2 Å². The molecule has 0 atom stereocenters. The second kappa shape index (κ2) is 11.2. The molecule has 2 aromatic heterocycles. The molecule has 1 amide bonds. The zero-order valence-electron chi connectivity index (χ0n) is 20.7. The van der Waals surface area contributed by atoms with Gasteiger partial charge in [0.15, 0.2) is 11.5 Å². The Kier molecular flexibility index (Phi) is 7.79. The van der Waals surface area contributed by atoms with Crippen LogP contribution in [0.5, 0.6) is 11.5 Å². The SMILES string of the molecule is COc1ccc(-n2nc(C(=O)NCc3ccccn3)c(=O)n(Cc3cccc(C(F)(F)F)c3)c2=O)cc1OC. The fourth-order valence-electron chi connectivity index (χ4n) is 3.71. The van der Waals surface area contributed by atoms with Crippen LogP contribution >= 0.6 is 0 Å². The number of amides is 1. The van der Waals surface area contributed by atoms with Gasteiger partial charge in [-0.05, 0) is 42.0 Å².